The zero-order valence-electron chi connectivity index (χ0n) is 12.7. The third-order valence-corrected chi connectivity index (χ3v) is 4.78. The van der Waals surface area contributed by atoms with Crippen LogP contribution in [0.5, 0.6) is 0 Å². The highest BCUT2D eigenvalue weighted by Crippen LogP contribution is 2.30. The molecule has 0 spiro atoms. The van der Waals surface area contributed by atoms with Crippen molar-refractivity contribution in [3.8, 4) is 0 Å². The molecule has 0 bridgehead atoms. The summed E-state index contributed by atoms with van der Waals surface area (Å²) in [5.74, 6) is -0.336. The highest BCUT2D eigenvalue weighted by Gasteiger charge is 2.38. The molecule has 1 heterocycles. The van der Waals surface area contributed by atoms with Gasteiger partial charge in [-0.15, -0.1) is 5.10 Å². The maximum absolute atomic E-state index is 11.8. The van der Waals surface area contributed by atoms with Gasteiger partial charge in [-0.1, -0.05) is 18.7 Å². The number of aromatic nitrogens is 3. The number of nitrogens with zero attached hydrogens (tertiary/aromatic N) is 2. The van der Waals surface area contributed by atoms with Crippen molar-refractivity contribution in [1.29, 1.82) is 0 Å². The molecule has 1 fully saturated rings. The number of hydrogen-bond acceptors (Lipinski definition) is 5. The molecule has 2 atom stereocenters. The molecule has 1 aromatic heterocycles. The van der Waals surface area contributed by atoms with Crippen molar-refractivity contribution in [2.45, 2.75) is 68.6 Å². The van der Waals surface area contributed by atoms with E-state index in [0.717, 1.165) is 12.8 Å². The van der Waals surface area contributed by atoms with Crippen LogP contribution in [-0.4, -0.2) is 37.5 Å². The molecule has 1 saturated carbocycles. The van der Waals surface area contributed by atoms with Gasteiger partial charge < -0.3 is 11.1 Å². The molecule has 1 amide bonds. The largest absolute Gasteiger partial charge is 0.368 e. The number of thioether (sulfide) groups is 1. The van der Waals surface area contributed by atoms with Crippen LogP contribution in [0.15, 0.2) is 9.95 Å². The molecule has 2 unspecified atom stereocenters. The van der Waals surface area contributed by atoms with E-state index in [-0.39, 0.29) is 16.8 Å². The van der Waals surface area contributed by atoms with E-state index in [4.69, 9.17) is 5.73 Å². The number of carbonyl (C=O) groups is 1. The van der Waals surface area contributed by atoms with E-state index in [1.165, 1.54) is 11.8 Å². The highest BCUT2D eigenvalue weighted by molar-refractivity contribution is 7.99. The zero-order chi connectivity index (χ0) is 15.6. The number of nitrogens with one attached hydrogen (secondary N) is 2. The number of carbonyl (C=O) groups excluding carboxylic acids is 1. The molecule has 0 saturated heterocycles. The Morgan fingerprint density at radius 1 is 1.67 bits per heavy atom. The minimum absolute atomic E-state index is 0.106. The third kappa shape index (κ3) is 3.88. The maximum Gasteiger partial charge on any atom is 0.343 e. The van der Waals surface area contributed by atoms with Crippen LogP contribution in [0.1, 0.15) is 40.0 Å². The summed E-state index contributed by atoms with van der Waals surface area (Å²) >= 11 is 1.48. The quantitative estimate of drug-likeness (QED) is 0.605. The second kappa shape index (κ2) is 6.23. The Labute approximate surface area is 128 Å². The van der Waals surface area contributed by atoms with Crippen LogP contribution in [0.25, 0.3) is 0 Å². The SMILES string of the molecule is CCn1c(SC(C)CC(C)(NC2CC2)C(N)=O)n[nH]c1=O. The molecule has 1 aliphatic carbocycles. The van der Waals surface area contributed by atoms with Gasteiger partial charge in [0.05, 0.1) is 5.54 Å². The molecule has 7 nitrogen and oxygen atoms in total. The van der Waals surface area contributed by atoms with E-state index >= 15 is 0 Å². The van der Waals surface area contributed by atoms with Crippen molar-refractivity contribution in [2.75, 3.05) is 0 Å². The lowest BCUT2D eigenvalue weighted by molar-refractivity contribution is -0.124. The highest BCUT2D eigenvalue weighted by atomic mass is 32.2. The molecule has 118 valence electrons. The molecule has 2 rings (SSSR count). The topological polar surface area (TPSA) is 106 Å². The van der Waals surface area contributed by atoms with E-state index in [1.54, 1.807) is 4.57 Å². The van der Waals surface area contributed by atoms with Gasteiger partial charge in [-0.05, 0) is 33.1 Å². The number of rotatable bonds is 8. The monoisotopic (exact) mass is 313 g/mol. The molecular formula is C13H23N5O2S. The minimum atomic E-state index is -0.721. The second-order valence-electron chi connectivity index (χ2n) is 5.80. The van der Waals surface area contributed by atoms with Gasteiger partial charge >= 0.3 is 5.69 Å². The molecule has 1 aliphatic rings. The van der Waals surface area contributed by atoms with Crippen molar-refractivity contribution >= 4 is 17.7 Å². The average molecular weight is 313 g/mol. The summed E-state index contributed by atoms with van der Waals surface area (Å²) in [6.07, 6.45) is 2.78. The first kappa shape index (κ1) is 16.1. The van der Waals surface area contributed by atoms with E-state index < -0.39 is 5.54 Å². The number of primary amides is 1. The fourth-order valence-electron chi connectivity index (χ4n) is 2.38. The molecule has 0 aliphatic heterocycles. The summed E-state index contributed by atoms with van der Waals surface area (Å²) in [7, 11) is 0. The Hall–Kier alpha value is -1.28. The van der Waals surface area contributed by atoms with Crippen LogP contribution in [-0.2, 0) is 11.3 Å². The summed E-state index contributed by atoms with van der Waals surface area (Å²) < 4.78 is 1.58. The predicted molar refractivity (Wildman–Crippen MR) is 82.2 cm³/mol. The number of nitrogens with two attached hydrogens (primary N) is 1. The van der Waals surface area contributed by atoms with Crippen molar-refractivity contribution in [1.82, 2.24) is 20.1 Å². The van der Waals surface area contributed by atoms with Crippen molar-refractivity contribution in [3.05, 3.63) is 10.5 Å². The smallest absolute Gasteiger partial charge is 0.343 e. The first-order valence-corrected chi connectivity index (χ1v) is 8.13. The average Bonchev–Trinajstić information content (AvgIpc) is 3.12. The van der Waals surface area contributed by atoms with Crippen LogP contribution >= 0.6 is 11.8 Å². The van der Waals surface area contributed by atoms with E-state index in [1.807, 2.05) is 20.8 Å². The molecule has 0 radical (unpaired) electrons. The summed E-state index contributed by atoms with van der Waals surface area (Å²) in [5.41, 5.74) is 4.63. The van der Waals surface area contributed by atoms with E-state index in [9.17, 15) is 9.59 Å². The first-order chi connectivity index (χ1) is 9.85. The van der Waals surface area contributed by atoms with Crippen LogP contribution in [0.4, 0.5) is 0 Å². The van der Waals surface area contributed by atoms with Crippen LogP contribution in [0.2, 0.25) is 0 Å². The molecule has 4 N–H and O–H groups in total. The maximum atomic E-state index is 11.8. The lowest BCUT2D eigenvalue weighted by atomic mass is 9.95. The standard InChI is InChI=1S/C13H23N5O2S/c1-4-18-11(20)16-17-12(18)21-8(2)7-13(3,10(14)19)15-9-5-6-9/h8-9,15H,4-7H2,1-3H3,(H2,14,19)(H,16,20). The van der Waals surface area contributed by atoms with Gasteiger partial charge in [0.2, 0.25) is 5.91 Å². The summed E-state index contributed by atoms with van der Waals surface area (Å²) in [4.78, 5) is 23.3. The van der Waals surface area contributed by atoms with Gasteiger partial charge in [0.25, 0.3) is 0 Å². The Balaban J connectivity index is 2.03. The van der Waals surface area contributed by atoms with Crippen LogP contribution in [0, 0.1) is 0 Å². The second-order valence-corrected chi connectivity index (χ2v) is 7.21. The number of H-pyrrole nitrogens is 1. The van der Waals surface area contributed by atoms with Crippen LogP contribution < -0.4 is 16.7 Å². The Morgan fingerprint density at radius 3 is 2.86 bits per heavy atom. The van der Waals surface area contributed by atoms with Gasteiger partial charge in [-0.25, -0.2) is 9.89 Å². The summed E-state index contributed by atoms with van der Waals surface area (Å²) in [6.45, 7) is 6.33. The molecule has 1 aromatic rings. The number of amides is 1. The molecule has 21 heavy (non-hydrogen) atoms. The molecular weight excluding hydrogens is 290 g/mol. The number of aromatic amines is 1. The summed E-state index contributed by atoms with van der Waals surface area (Å²) in [6, 6.07) is 0.402. The first-order valence-electron chi connectivity index (χ1n) is 7.25. The fourth-order valence-corrected chi connectivity index (χ4v) is 3.59. The Bertz CT molecular complexity index is 565. The number of hydrogen-bond donors (Lipinski definition) is 3. The van der Waals surface area contributed by atoms with Gasteiger partial charge in [-0.3, -0.25) is 9.36 Å². The lowest BCUT2D eigenvalue weighted by Gasteiger charge is -2.30. The minimum Gasteiger partial charge on any atom is -0.368 e. The van der Waals surface area contributed by atoms with Crippen molar-refractivity contribution in [2.24, 2.45) is 5.73 Å². The van der Waals surface area contributed by atoms with Crippen LogP contribution in [0.3, 0.4) is 0 Å². The zero-order valence-corrected chi connectivity index (χ0v) is 13.5. The van der Waals surface area contributed by atoms with E-state index in [2.05, 4.69) is 15.5 Å². The van der Waals surface area contributed by atoms with Crippen molar-refractivity contribution < 1.29 is 4.79 Å². The Morgan fingerprint density at radius 2 is 2.33 bits per heavy atom. The van der Waals surface area contributed by atoms with Gasteiger partial charge in [0.1, 0.15) is 0 Å². The summed E-state index contributed by atoms with van der Waals surface area (Å²) in [5, 5.41) is 10.6. The van der Waals surface area contributed by atoms with Crippen molar-refractivity contribution in [3.63, 3.8) is 0 Å². The Kier molecular flexibility index (Phi) is 4.77. The predicted octanol–water partition coefficient (Wildman–Crippen LogP) is 0.458. The lowest BCUT2D eigenvalue weighted by Crippen LogP contribution is -2.55. The fraction of sp³-hybridized carbons (Fsp3) is 0.769. The molecule has 0 aromatic carbocycles. The van der Waals surface area contributed by atoms with Gasteiger partial charge in [-0.2, -0.15) is 0 Å². The van der Waals surface area contributed by atoms with Gasteiger partial charge in [0, 0.05) is 17.8 Å². The third-order valence-electron chi connectivity index (χ3n) is 3.69. The molecule has 8 heteroatoms. The normalized spacial score (nSPS) is 19.2. The van der Waals surface area contributed by atoms with E-state index in [0.29, 0.717) is 24.2 Å². The van der Waals surface area contributed by atoms with Gasteiger partial charge in [0.15, 0.2) is 5.16 Å².